The van der Waals surface area contributed by atoms with Crippen LogP contribution in [0.3, 0.4) is 0 Å². The fourth-order valence-corrected chi connectivity index (χ4v) is 2.09. The SMILES string of the molecule is CCOc1cccc(OC(=O)CC)c1COc1ccc(C)c(F)c1. The van der Waals surface area contributed by atoms with Gasteiger partial charge in [0.15, 0.2) is 0 Å². The Morgan fingerprint density at radius 2 is 1.83 bits per heavy atom. The predicted octanol–water partition coefficient (Wildman–Crippen LogP) is 4.43. The quantitative estimate of drug-likeness (QED) is 0.556. The maximum atomic E-state index is 13.6. The summed E-state index contributed by atoms with van der Waals surface area (Å²) in [6.07, 6.45) is 0.266. The number of carbonyl (C=O) groups excluding carboxylic acids is 1. The predicted molar refractivity (Wildman–Crippen MR) is 89.0 cm³/mol. The summed E-state index contributed by atoms with van der Waals surface area (Å²) in [5, 5.41) is 0. The van der Waals surface area contributed by atoms with E-state index in [-0.39, 0.29) is 24.8 Å². The van der Waals surface area contributed by atoms with Gasteiger partial charge in [0.05, 0.1) is 12.2 Å². The van der Waals surface area contributed by atoms with Gasteiger partial charge in [-0.1, -0.05) is 19.1 Å². The molecule has 2 rings (SSSR count). The monoisotopic (exact) mass is 332 g/mol. The second-order valence-electron chi connectivity index (χ2n) is 5.19. The zero-order valence-corrected chi connectivity index (χ0v) is 14.1. The molecule has 0 saturated heterocycles. The first-order chi connectivity index (χ1) is 11.5. The van der Waals surface area contributed by atoms with Gasteiger partial charge in [0.25, 0.3) is 0 Å². The maximum absolute atomic E-state index is 13.6. The van der Waals surface area contributed by atoms with E-state index in [9.17, 15) is 9.18 Å². The van der Waals surface area contributed by atoms with E-state index in [1.54, 1.807) is 44.2 Å². The van der Waals surface area contributed by atoms with Gasteiger partial charge in [0.2, 0.25) is 0 Å². The highest BCUT2D eigenvalue weighted by Gasteiger charge is 2.14. The van der Waals surface area contributed by atoms with E-state index in [0.29, 0.717) is 35.0 Å². The molecule has 0 aliphatic carbocycles. The average Bonchev–Trinajstić information content (AvgIpc) is 2.57. The van der Waals surface area contributed by atoms with E-state index in [4.69, 9.17) is 14.2 Å². The minimum atomic E-state index is -0.341. The van der Waals surface area contributed by atoms with Crippen LogP contribution in [0.15, 0.2) is 36.4 Å². The summed E-state index contributed by atoms with van der Waals surface area (Å²) in [5.41, 5.74) is 1.16. The minimum absolute atomic E-state index is 0.102. The molecular weight excluding hydrogens is 311 g/mol. The van der Waals surface area contributed by atoms with E-state index in [0.717, 1.165) is 0 Å². The topological polar surface area (TPSA) is 44.8 Å². The number of benzene rings is 2. The standard InChI is InChI=1S/C19H21FO4/c1-4-19(21)24-18-8-6-7-17(22-5-2)15(18)12-23-14-10-9-13(3)16(20)11-14/h6-11H,4-5,12H2,1-3H3. The second-order valence-corrected chi connectivity index (χ2v) is 5.19. The van der Waals surface area contributed by atoms with E-state index in [1.165, 1.54) is 6.07 Å². The molecule has 0 heterocycles. The summed E-state index contributed by atoms with van der Waals surface area (Å²) in [7, 11) is 0. The lowest BCUT2D eigenvalue weighted by atomic mass is 10.2. The Balaban J connectivity index is 2.24. The van der Waals surface area contributed by atoms with Crippen molar-refractivity contribution in [1.82, 2.24) is 0 Å². The van der Waals surface area contributed by atoms with Crippen LogP contribution in [0.1, 0.15) is 31.4 Å². The molecule has 5 heteroatoms. The molecule has 0 spiro atoms. The Morgan fingerprint density at radius 1 is 1.08 bits per heavy atom. The Labute approximate surface area is 141 Å². The second kappa shape index (κ2) is 8.34. The van der Waals surface area contributed by atoms with Crippen molar-refractivity contribution in [2.75, 3.05) is 6.61 Å². The third-order valence-electron chi connectivity index (χ3n) is 3.43. The Kier molecular flexibility index (Phi) is 6.18. The van der Waals surface area contributed by atoms with Crippen LogP contribution in [0.2, 0.25) is 0 Å². The Bertz CT molecular complexity index is 713. The lowest BCUT2D eigenvalue weighted by molar-refractivity contribution is -0.134. The highest BCUT2D eigenvalue weighted by molar-refractivity contribution is 5.72. The first kappa shape index (κ1) is 17.8. The van der Waals surface area contributed by atoms with Crippen molar-refractivity contribution in [2.45, 2.75) is 33.8 Å². The van der Waals surface area contributed by atoms with Gasteiger partial charge < -0.3 is 14.2 Å². The maximum Gasteiger partial charge on any atom is 0.310 e. The van der Waals surface area contributed by atoms with Crippen LogP contribution < -0.4 is 14.2 Å². The molecule has 0 fully saturated rings. The fourth-order valence-electron chi connectivity index (χ4n) is 2.09. The van der Waals surface area contributed by atoms with Crippen molar-refractivity contribution < 1.29 is 23.4 Å². The van der Waals surface area contributed by atoms with Crippen molar-refractivity contribution in [1.29, 1.82) is 0 Å². The van der Waals surface area contributed by atoms with Crippen LogP contribution in [-0.2, 0) is 11.4 Å². The molecule has 0 aromatic heterocycles. The average molecular weight is 332 g/mol. The largest absolute Gasteiger partial charge is 0.493 e. The zero-order chi connectivity index (χ0) is 17.5. The first-order valence-electron chi connectivity index (χ1n) is 7.89. The van der Waals surface area contributed by atoms with Crippen LogP contribution in [0.5, 0.6) is 17.2 Å². The number of esters is 1. The molecule has 0 aliphatic heterocycles. The van der Waals surface area contributed by atoms with Crippen LogP contribution >= 0.6 is 0 Å². The van der Waals surface area contributed by atoms with Crippen molar-refractivity contribution in [3.05, 3.63) is 53.3 Å². The van der Waals surface area contributed by atoms with Gasteiger partial charge >= 0.3 is 5.97 Å². The molecule has 0 saturated carbocycles. The minimum Gasteiger partial charge on any atom is -0.493 e. The molecule has 24 heavy (non-hydrogen) atoms. The molecular formula is C19H21FO4. The smallest absolute Gasteiger partial charge is 0.310 e. The Morgan fingerprint density at radius 3 is 2.50 bits per heavy atom. The number of ether oxygens (including phenoxy) is 3. The third-order valence-corrected chi connectivity index (χ3v) is 3.43. The van der Waals surface area contributed by atoms with Gasteiger partial charge in [-0.25, -0.2) is 4.39 Å². The van der Waals surface area contributed by atoms with Gasteiger partial charge in [-0.15, -0.1) is 0 Å². The molecule has 0 unspecified atom stereocenters. The van der Waals surface area contributed by atoms with Crippen LogP contribution in [0.25, 0.3) is 0 Å². The first-order valence-corrected chi connectivity index (χ1v) is 7.89. The number of hydrogen-bond donors (Lipinski definition) is 0. The molecule has 0 aliphatic rings. The summed E-state index contributed by atoms with van der Waals surface area (Å²) in [4.78, 5) is 11.6. The van der Waals surface area contributed by atoms with Crippen LogP contribution in [-0.4, -0.2) is 12.6 Å². The van der Waals surface area contributed by atoms with Crippen LogP contribution in [0.4, 0.5) is 4.39 Å². The fraction of sp³-hybridized carbons (Fsp3) is 0.316. The van der Waals surface area contributed by atoms with E-state index < -0.39 is 0 Å². The number of aryl methyl sites for hydroxylation is 1. The summed E-state index contributed by atoms with van der Waals surface area (Å²) >= 11 is 0. The summed E-state index contributed by atoms with van der Waals surface area (Å²) in [6.45, 7) is 5.85. The van der Waals surface area contributed by atoms with Gasteiger partial charge in [-0.05, 0) is 37.6 Å². The molecule has 0 radical (unpaired) electrons. The van der Waals surface area contributed by atoms with Crippen molar-refractivity contribution in [3.63, 3.8) is 0 Å². The van der Waals surface area contributed by atoms with E-state index in [2.05, 4.69) is 0 Å². The molecule has 2 aromatic carbocycles. The molecule has 0 atom stereocenters. The highest BCUT2D eigenvalue weighted by Crippen LogP contribution is 2.30. The number of rotatable bonds is 7. The van der Waals surface area contributed by atoms with Crippen molar-refractivity contribution >= 4 is 5.97 Å². The zero-order valence-electron chi connectivity index (χ0n) is 14.1. The molecule has 0 N–H and O–H groups in total. The number of carbonyl (C=O) groups is 1. The van der Waals surface area contributed by atoms with E-state index >= 15 is 0 Å². The molecule has 128 valence electrons. The number of hydrogen-bond acceptors (Lipinski definition) is 4. The molecule has 2 aromatic rings. The Hall–Kier alpha value is -2.56. The summed E-state index contributed by atoms with van der Waals surface area (Å²) in [5.74, 6) is 0.693. The molecule has 0 bridgehead atoms. The van der Waals surface area contributed by atoms with Gasteiger partial charge in [-0.2, -0.15) is 0 Å². The number of halogens is 1. The molecule has 0 amide bonds. The van der Waals surface area contributed by atoms with Crippen molar-refractivity contribution in [3.8, 4) is 17.2 Å². The van der Waals surface area contributed by atoms with Gasteiger partial charge in [0, 0.05) is 12.5 Å². The third kappa shape index (κ3) is 4.47. The summed E-state index contributed by atoms with van der Waals surface area (Å²) in [6, 6.07) is 9.89. The van der Waals surface area contributed by atoms with Crippen LogP contribution in [0, 0.1) is 12.7 Å². The van der Waals surface area contributed by atoms with Crippen molar-refractivity contribution in [2.24, 2.45) is 0 Å². The summed E-state index contributed by atoms with van der Waals surface area (Å²) < 4.78 is 30.2. The normalized spacial score (nSPS) is 10.3. The van der Waals surface area contributed by atoms with Gasteiger partial charge in [-0.3, -0.25) is 4.79 Å². The van der Waals surface area contributed by atoms with Gasteiger partial charge in [0.1, 0.15) is 29.7 Å². The lowest BCUT2D eigenvalue weighted by Gasteiger charge is -2.15. The lowest BCUT2D eigenvalue weighted by Crippen LogP contribution is -2.10. The highest BCUT2D eigenvalue weighted by atomic mass is 19.1. The molecule has 4 nitrogen and oxygen atoms in total. The van der Waals surface area contributed by atoms with E-state index in [1.807, 2.05) is 6.92 Å².